The second-order valence-electron chi connectivity index (χ2n) is 7.08. The van der Waals surface area contributed by atoms with Crippen LogP contribution in [-0.2, 0) is 11.3 Å². The van der Waals surface area contributed by atoms with E-state index in [2.05, 4.69) is 10.2 Å². The first-order valence-corrected chi connectivity index (χ1v) is 9.90. The molecule has 0 aliphatic carbocycles. The van der Waals surface area contributed by atoms with E-state index in [9.17, 15) is 9.18 Å². The van der Waals surface area contributed by atoms with Crippen molar-refractivity contribution in [3.63, 3.8) is 0 Å². The van der Waals surface area contributed by atoms with Gasteiger partial charge in [0.1, 0.15) is 5.82 Å². The van der Waals surface area contributed by atoms with Crippen LogP contribution in [0.25, 0.3) is 0 Å². The average molecular weight is 409 g/mol. The van der Waals surface area contributed by atoms with Gasteiger partial charge in [-0.15, -0.1) is 0 Å². The molecule has 1 N–H and O–H groups in total. The van der Waals surface area contributed by atoms with Crippen molar-refractivity contribution in [1.29, 1.82) is 0 Å². The number of hydrogen-bond acceptors (Lipinski definition) is 2. The SMILES string of the molecule is C[C@@H](NC(=O)C1CCN(Cc2ccc(Cl)c(Cl)c2)CC1)c1ccc(F)cc1. The first kappa shape index (κ1) is 20.1. The molecule has 1 aliphatic rings. The molecule has 0 aromatic heterocycles. The highest BCUT2D eigenvalue weighted by molar-refractivity contribution is 6.42. The first-order valence-electron chi connectivity index (χ1n) is 9.14. The van der Waals surface area contributed by atoms with Crippen molar-refractivity contribution in [2.24, 2.45) is 5.92 Å². The number of amides is 1. The third-order valence-electron chi connectivity index (χ3n) is 5.08. The maximum atomic E-state index is 13.0. The van der Waals surface area contributed by atoms with Crippen molar-refractivity contribution in [1.82, 2.24) is 10.2 Å². The standard InChI is InChI=1S/C21H23Cl2FN2O/c1-14(16-3-5-18(24)6-4-16)25-21(27)17-8-10-26(11-9-17)13-15-2-7-19(22)20(23)12-15/h2-7,12,14,17H,8-11,13H2,1H3,(H,25,27)/t14-/m1/s1. The minimum atomic E-state index is -0.272. The number of rotatable bonds is 5. The Labute approximate surface area is 169 Å². The predicted molar refractivity (Wildman–Crippen MR) is 107 cm³/mol. The van der Waals surface area contributed by atoms with Gasteiger partial charge in [0.05, 0.1) is 16.1 Å². The number of nitrogens with one attached hydrogen (secondary N) is 1. The average Bonchev–Trinajstić information content (AvgIpc) is 2.66. The van der Waals surface area contributed by atoms with E-state index in [0.717, 1.165) is 43.6 Å². The van der Waals surface area contributed by atoms with E-state index in [1.807, 2.05) is 25.1 Å². The summed E-state index contributed by atoms with van der Waals surface area (Å²) in [5.74, 6) is -0.189. The Morgan fingerprint density at radius 1 is 1.15 bits per heavy atom. The van der Waals surface area contributed by atoms with Gasteiger partial charge in [-0.2, -0.15) is 0 Å². The zero-order valence-corrected chi connectivity index (χ0v) is 16.7. The number of nitrogens with zero attached hydrogens (tertiary/aromatic N) is 1. The van der Waals surface area contributed by atoms with Crippen molar-refractivity contribution in [2.75, 3.05) is 13.1 Å². The normalized spacial score (nSPS) is 16.9. The quantitative estimate of drug-likeness (QED) is 0.734. The molecule has 1 aliphatic heterocycles. The Bertz CT molecular complexity index is 789. The van der Waals surface area contributed by atoms with Gasteiger partial charge in [0.15, 0.2) is 0 Å². The minimum absolute atomic E-state index is 0.0120. The maximum absolute atomic E-state index is 13.0. The minimum Gasteiger partial charge on any atom is -0.349 e. The van der Waals surface area contributed by atoms with Gasteiger partial charge in [0.25, 0.3) is 0 Å². The molecule has 0 saturated carbocycles. The fourth-order valence-corrected chi connectivity index (χ4v) is 3.74. The van der Waals surface area contributed by atoms with E-state index in [0.29, 0.717) is 10.0 Å². The van der Waals surface area contributed by atoms with Gasteiger partial charge in [-0.05, 0) is 68.2 Å². The summed E-state index contributed by atoms with van der Waals surface area (Å²) in [4.78, 5) is 14.9. The van der Waals surface area contributed by atoms with Crippen molar-refractivity contribution >= 4 is 29.1 Å². The fourth-order valence-electron chi connectivity index (χ4n) is 3.42. The van der Waals surface area contributed by atoms with Gasteiger partial charge < -0.3 is 5.32 Å². The van der Waals surface area contributed by atoms with Crippen LogP contribution in [-0.4, -0.2) is 23.9 Å². The van der Waals surface area contributed by atoms with Crippen LogP contribution >= 0.6 is 23.2 Å². The highest BCUT2D eigenvalue weighted by Crippen LogP contribution is 2.25. The highest BCUT2D eigenvalue weighted by atomic mass is 35.5. The summed E-state index contributed by atoms with van der Waals surface area (Å²) in [5.41, 5.74) is 2.03. The van der Waals surface area contributed by atoms with Crippen LogP contribution in [0.3, 0.4) is 0 Å². The number of hydrogen-bond donors (Lipinski definition) is 1. The van der Waals surface area contributed by atoms with Crippen molar-refractivity contribution in [2.45, 2.75) is 32.4 Å². The smallest absolute Gasteiger partial charge is 0.223 e. The molecule has 2 aromatic carbocycles. The zero-order valence-electron chi connectivity index (χ0n) is 15.2. The fraction of sp³-hybridized carbons (Fsp3) is 0.381. The van der Waals surface area contributed by atoms with Crippen LogP contribution < -0.4 is 5.32 Å². The van der Waals surface area contributed by atoms with Crippen LogP contribution in [0.1, 0.15) is 36.9 Å². The molecule has 1 heterocycles. The van der Waals surface area contributed by atoms with Gasteiger partial charge in [-0.1, -0.05) is 41.4 Å². The molecule has 0 bridgehead atoms. The molecular formula is C21H23Cl2FN2O. The molecule has 1 atom stereocenters. The Morgan fingerprint density at radius 3 is 2.44 bits per heavy atom. The van der Waals surface area contributed by atoms with Crippen LogP contribution in [0.4, 0.5) is 4.39 Å². The largest absolute Gasteiger partial charge is 0.349 e. The van der Waals surface area contributed by atoms with Crippen LogP contribution in [0.2, 0.25) is 10.0 Å². The Morgan fingerprint density at radius 2 is 1.81 bits per heavy atom. The third kappa shape index (κ3) is 5.44. The number of halogens is 3. The zero-order chi connectivity index (χ0) is 19.4. The lowest BCUT2D eigenvalue weighted by atomic mass is 9.95. The lowest BCUT2D eigenvalue weighted by Crippen LogP contribution is -2.40. The van der Waals surface area contributed by atoms with Gasteiger partial charge in [0.2, 0.25) is 5.91 Å². The van der Waals surface area contributed by atoms with E-state index in [-0.39, 0.29) is 23.7 Å². The van der Waals surface area contributed by atoms with Crippen LogP contribution in [0.15, 0.2) is 42.5 Å². The van der Waals surface area contributed by atoms with Gasteiger partial charge in [0, 0.05) is 12.5 Å². The monoisotopic (exact) mass is 408 g/mol. The highest BCUT2D eigenvalue weighted by Gasteiger charge is 2.26. The molecule has 2 aromatic rings. The predicted octanol–water partition coefficient (Wildman–Crippen LogP) is 5.22. The molecule has 3 rings (SSSR count). The second-order valence-corrected chi connectivity index (χ2v) is 7.90. The Kier molecular flexibility index (Phi) is 6.74. The molecule has 0 spiro atoms. The number of likely N-dealkylation sites (tertiary alicyclic amines) is 1. The molecule has 1 saturated heterocycles. The summed E-state index contributed by atoms with van der Waals surface area (Å²) >= 11 is 12.0. The second kappa shape index (κ2) is 9.05. The van der Waals surface area contributed by atoms with Crippen molar-refractivity contribution < 1.29 is 9.18 Å². The number of carbonyl (C=O) groups excluding carboxylic acids is 1. The summed E-state index contributed by atoms with van der Waals surface area (Å²) in [6.07, 6.45) is 1.65. The molecule has 0 radical (unpaired) electrons. The summed E-state index contributed by atoms with van der Waals surface area (Å²) < 4.78 is 13.0. The van der Waals surface area contributed by atoms with E-state index in [1.165, 1.54) is 12.1 Å². The van der Waals surface area contributed by atoms with Crippen LogP contribution in [0, 0.1) is 11.7 Å². The molecule has 1 amide bonds. The number of benzene rings is 2. The molecule has 0 unspecified atom stereocenters. The summed E-state index contributed by atoms with van der Waals surface area (Å²) in [5, 5.41) is 4.18. The molecule has 27 heavy (non-hydrogen) atoms. The number of carbonyl (C=O) groups is 1. The van der Waals surface area contributed by atoms with Gasteiger partial charge in [-0.25, -0.2) is 4.39 Å². The maximum Gasteiger partial charge on any atom is 0.223 e. The Hall–Kier alpha value is -1.62. The summed E-state index contributed by atoms with van der Waals surface area (Å²) in [6, 6.07) is 11.8. The lowest BCUT2D eigenvalue weighted by molar-refractivity contribution is -0.127. The van der Waals surface area contributed by atoms with E-state index in [4.69, 9.17) is 23.2 Å². The summed E-state index contributed by atoms with van der Waals surface area (Å²) in [7, 11) is 0. The molecule has 3 nitrogen and oxygen atoms in total. The van der Waals surface area contributed by atoms with Gasteiger partial charge in [-0.3, -0.25) is 9.69 Å². The van der Waals surface area contributed by atoms with Crippen LogP contribution in [0.5, 0.6) is 0 Å². The first-order chi connectivity index (χ1) is 12.9. The summed E-state index contributed by atoms with van der Waals surface area (Å²) in [6.45, 7) is 4.45. The van der Waals surface area contributed by atoms with E-state index < -0.39 is 0 Å². The topological polar surface area (TPSA) is 32.3 Å². The van der Waals surface area contributed by atoms with Gasteiger partial charge >= 0.3 is 0 Å². The van der Waals surface area contributed by atoms with E-state index >= 15 is 0 Å². The van der Waals surface area contributed by atoms with Crippen molar-refractivity contribution in [3.8, 4) is 0 Å². The lowest BCUT2D eigenvalue weighted by Gasteiger charge is -2.32. The molecule has 6 heteroatoms. The Balaban J connectivity index is 1.48. The molecule has 1 fully saturated rings. The van der Waals surface area contributed by atoms with E-state index in [1.54, 1.807) is 12.1 Å². The third-order valence-corrected chi connectivity index (χ3v) is 5.82. The number of piperidine rings is 1. The molecular weight excluding hydrogens is 386 g/mol. The molecule has 144 valence electrons. The van der Waals surface area contributed by atoms with Crippen molar-refractivity contribution in [3.05, 3.63) is 69.5 Å².